The number of carbonyl (C=O) groups excluding carboxylic acids is 2. The van der Waals surface area contributed by atoms with Crippen LogP contribution < -0.4 is 5.32 Å². The smallest absolute Gasteiger partial charge is 0.283 e. The van der Waals surface area contributed by atoms with Gasteiger partial charge in [-0.25, -0.2) is 13.4 Å². The van der Waals surface area contributed by atoms with Gasteiger partial charge < -0.3 is 19.9 Å². The number of nitrogens with zero attached hydrogens (tertiary/aromatic N) is 4. The number of thiazole rings is 1. The Labute approximate surface area is 223 Å². The number of rotatable bonds is 5. The normalized spacial score (nSPS) is 20.7. The topological polar surface area (TPSA) is 139 Å². The Hall–Kier alpha value is -2.55. The van der Waals surface area contributed by atoms with Gasteiger partial charge in [-0.05, 0) is 24.3 Å². The molecule has 14 heteroatoms. The van der Waals surface area contributed by atoms with E-state index in [2.05, 4.69) is 15.3 Å². The monoisotopic (exact) mass is 566 g/mol. The van der Waals surface area contributed by atoms with E-state index in [-0.39, 0.29) is 47.9 Å². The molecule has 2 aromatic heterocycles. The number of H-pyrrole nitrogens is 1. The largest absolute Gasteiger partial charge is 0.378 e. The minimum Gasteiger partial charge on any atom is -0.378 e. The minimum absolute atomic E-state index is 0.0286. The quantitative estimate of drug-likeness (QED) is 0.422. The molecule has 37 heavy (non-hydrogen) atoms. The first kappa shape index (κ1) is 26.1. The number of aromatic amines is 1. The fraction of sp³-hybridized carbons (Fsp3) is 0.435. The SMILES string of the molecule is CN(C)C(=O)CC1CN(S(=O)(=O)c2cc3cc(Cl)ccc3[nH]2)CCN1C(=O)c1nc2c(s1)CNC(O)C2. The fourth-order valence-corrected chi connectivity index (χ4v) is 7.25. The maximum absolute atomic E-state index is 13.5. The summed E-state index contributed by atoms with van der Waals surface area (Å²) in [6.45, 7) is 0.573. The number of fused-ring (bicyclic) bond motifs is 2. The van der Waals surface area contributed by atoms with Crippen molar-refractivity contribution in [3.05, 3.63) is 44.9 Å². The lowest BCUT2D eigenvalue weighted by molar-refractivity contribution is -0.130. The van der Waals surface area contributed by atoms with Crippen molar-refractivity contribution in [3.63, 3.8) is 0 Å². The van der Waals surface area contributed by atoms with E-state index in [1.54, 1.807) is 37.2 Å². The van der Waals surface area contributed by atoms with Crippen LogP contribution in [0.2, 0.25) is 5.02 Å². The van der Waals surface area contributed by atoms with Crippen LogP contribution in [0, 0.1) is 0 Å². The highest BCUT2D eigenvalue weighted by Gasteiger charge is 2.39. The first-order valence-electron chi connectivity index (χ1n) is 11.7. The van der Waals surface area contributed by atoms with Gasteiger partial charge in [0, 0.05) is 73.9 Å². The van der Waals surface area contributed by atoms with Gasteiger partial charge in [-0.15, -0.1) is 11.3 Å². The van der Waals surface area contributed by atoms with Crippen LogP contribution in [0.3, 0.4) is 0 Å². The Kier molecular flexibility index (Phi) is 7.02. The molecule has 0 saturated carbocycles. The van der Waals surface area contributed by atoms with Gasteiger partial charge in [-0.2, -0.15) is 4.31 Å². The second-order valence-corrected chi connectivity index (χ2v) is 12.8. The number of aliphatic hydroxyl groups excluding tert-OH is 1. The second kappa shape index (κ2) is 9.97. The number of carbonyl (C=O) groups is 2. The summed E-state index contributed by atoms with van der Waals surface area (Å²) >= 11 is 7.31. The van der Waals surface area contributed by atoms with Crippen LogP contribution in [0.15, 0.2) is 29.3 Å². The molecule has 1 aromatic carbocycles. The molecule has 0 bridgehead atoms. The summed E-state index contributed by atoms with van der Waals surface area (Å²) in [7, 11) is -0.686. The van der Waals surface area contributed by atoms with E-state index >= 15 is 0 Å². The van der Waals surface area contributed by atoms with E-state index in [1.165, 1.54) is 26.6 Å². The predicted octanol–water partition coefficient (Wildman–Crippen LogP) is 1.24. The zero-order chi connectivity index (χ0) is 26.5. The van der Waals surface area contributed by atoms with Crippen molar-refractivity contribution >= 4 is 55.7 Å². The van der Waals surface area contributed by atoms with E-state index in [9.17, 15) is 23.1 Å². The first-order valence-corrected chi connectivity index (χ1v) is 14.4. The first-order chi connectivity index (χ1) is 17.5. The molecule has 5 rings (SSSR count). The number of hydrogen-bond donors (Lipinski definition) is 3. The number of hydrogen-bond acceptors (Lipinski definition) is 8. The maximum atomic E-state index is 13.5. The lowest BCUT2D eigenvalue weighted by atomic mass is 10.1. The van der Waals surface area contributed by atoms with Gasteiger partial charge in [0.25, 0.3) is 15.9 Å². The van der Waals surface area contributed by atoms with Gasteiger partial charge in [-0.1, -0.05) is 11.6 Å². The van der Waals surface area contributed by atoms with Crippen LogP contribution in [-0.2, 0) is 27.8 Å². The zero-order valence-corrected chi connectivity index (χ0v) is 22.7. The van der Waals surface area contributed by atoms with Crippen LogP contribution in [-0.4, -0.2) is 95.4 Å². The van der Waals surface area contributed by atoms with Crippen LogP contribution in [0.25, 0.3) is 10.9 Å². The van der Waals surface area contributed by atoms with Gasteiger partial charge >= 0.3 is 0 Å². The molecule has 2 aliphatic rings. The third-order valence-electron chi connectivity index (χ3n) is 6.64. The Balaban J connectivity index is 1.41. The number of piperazine rings is 1. The zero-order valence-electron chi connectivity index (χ0n) is 20.3. The number of amides is 2. The molecule has 198 valence electrons. The summed E-state index contributed by atoms with van der Waals surface area (Å²) in [5.41, 5.74) is 1.32. The van der Waals surface area contributed by atoms with E-state index in [1.807, 2.05) is 0 Å². The highest BCUT2D eigenvalue weighted by Crippen LogP contribution is 2.29. The van der Waals surface area contributed by atoms with Crippen molar-refractivity contribution in [2.45, 2.75) is 36.7 Å². The Bertz CT molecular complexity index is 1470. The molecule has 2 amide bonds. The maximum Gasteiger partial charge on any atom is 0.283 e. The minimum atomic E-state index is -3.93. The lowest BCUT2D eigenvalue weighted by Gasteiger charge is -2.40. The summed E-state index contributed by atoms with van der Waals surface area (Å²) in [6.07, 6.45) is -0.431. The number of aromatic nitrogens is 2. The second-order valence-electron chi connectivity index (χ2n) is 9.36. The Morgan fingerprint density at radius 2 is 2.05 bits per heavy atom. The van der Waals surface area contributed by atoms with E-state index in [0.29, 0.717) is 34.6 Å². The van der Waals surface area contributed by atoms with Crippen molar-refractivity contribution in [3.8, 4) is 0 Å². The average molecular weight is 567 g/mol. The van der Waals surface area contributed by atoms with Gasteiger partial charge in [0.15, 0.2) is 5.01 Å². The summed E-state index contributed by atoms with van der Waals surface area (Å²) in [4.78, 5) is 37.4. The number of benzene rings is 1. The number of sulfonamides is 1. The highest BCUT2D eigenvalue weighted by atomic mass is 35.5. The molecule has 2 aliphatic heterocycles. The van der Waals surface area contributed by atoms with Crippen LogP contribution in [0.4, 0.5) is 0 Å². The molecule has 0 radical (unpaired) electrons. The molecular weight excluding hydrogens is 540 g/mol. The van der Waals surface area contributed by atoms with Gasteiger partial charge in [0.1, 0.15) is 11.3 Å². The summed E-state index contributed by atoms with van der Waals surface area (Å²) in [6, 6.07) is 5.94. The molecular formula is C23H27ClN6O5S2. The van der Waals surface area contributed by atoms with Crippen molar-refractivity contribution in [2.75, 3.05) is 33.7 Å². The van der Waals surface area contributed by atoms with Gasteiger partial charge in [-0.3, -0.25) is 14.9 Å². The lowest BCUT2D eigenvalue weighted by Crippen LogP contribution is -2.57. The molecule has 1 saturated heterocycles. The Morgan fingerprint density at radius 3 is 2.81 bits per heavy atom. The molecule has 3 aromatic rings. The average Bonchev–Trinajstić information content (AvgIpc) is 3.47. The molecule has 11 nitrogen and oxygen atoms in total. The van der Waals surface area contributed by atoms with E-state index in [0.717, 1.165) is 4.88 Å². The Morgan fingerprint density at radius 1 is 1.27 bits per heavy atom. The number of halogens is 1. The van der Waals surface area contributed by atoms with E-state index < -0.39 is 22.3 Å². The van der Waals surface area contributed by atoms with Crippen LogP contribution >= 0.6 is 22.9 Å². The molecule has 1 fully saturated rings. The summed E-state index contributed by atoms with van der Waals surface area (Å²) in [5, 5.41) is 14.3. The van der Waals surface area contributed by atoms with Crippen LogP contribution in [0.1, 0.15) is 26.8 Å². The summed E-state index contributed by atoms with van der Waals surface area (Å²) in [5.74, 6) is -0.559. The standard InChI is InChI=1S/C23H27ClN6O5S2/c1-28(2)21(32)9-15-12-29(37(34,35)20-8-13-7-14(24)3-4-16(13)26-20)5-6-30(15)23(33)22-27-17-10-19(31)25-11-18(17)36-22/h3-4,7-8,15,19,25-26,31H,5-6,9-12H2,1-2H3. The predicted molar refractivity (Wildman–Crippen MR) is 139 cm³/mol. The summed E-state index contributed by atoms with van der Waals surface area (Å²) < 4.78 is 28.4. The molecule has 0 spiro atoms. The number of aliphatic hydroxyl groups is 1. The fourth-order valence-electron chi connectivity index (χ4n) is 4.59. The molecule has 3 N–H and O–H groups in total. The van der Waals surface area contributed by atoms with Crippen molar-refractivity contribution in [1.82, 2.24) is 29.4 Å². The van der Waals surface area contributed by atoms with Crippen molar-refractivity contribution in [1.29, 1.82) is 0 Å². The highest BCUT2D eigenvalue weighted by molar-refractivity contribution is 7.89. The van der Waals surface area contributed by atoms with Gasteiger partial charge in [0.05, 0.1) is 11.7 Å². The molecule has 2 atom stereocenters. The third kappa shape index (κ3) is 5.11. The third-order valence-corrected chi connectivity index (χ3v) is 9.75. The van der Waals surface area contributed by atoms with Crippen molar-refractivity contribution in [2.24, 2.45) is 0 Å². The number of nitrogens with one attached hydrogen (secondary N) is 2. The molecule has 0 aliphatic carbocycles. The van der Waals surface area contributed by atoms with Gasteiger partial charge in [0.2, 0.25) is 5.91 Å². The van der Waals surface area contributed by atoms with E-state index in [4.69, 9.17) is 11.6 Å². The molecule has 4 heterocycles. The van der Waals surface area contributed by atoms with Crippen molar-refractivity contribution < 1.29 is 23.1 Å². The molecule has 2 unspecified atom stereocenters. The van der Waals surface area contributed by atoms with Crippen LogP contribution in [0.5, 0.6) is 0 Å².